The Morgan fingerprint density at radius 2 is 1.88 bits per heavy atom. The molecule has 1 aliphatic heterocycles. The van der Waals surface area contributed by atoms with Crippen molar-refractivity contribution in [3.8, 4) is 6.07 Å². The fourth-order valence-corrected chi connectivity index (χ4v) is 5.65. The van der Waals surface area contributed by atoms with Gasteiger partial charge in [-0.05, 0) is 48.9 Å². The van der Waals surface area contributed by atoms with Crippen LogP contribution in [-0.2, 0) is 24.5 Å². The van der Waals surface area contributed by atoms with E-state index < -0.39 is 35.1 Å². The second-order valence-electron chi connectivity index (χ2n) is 10.2. The van der Waals surface area contributed by atoms with E-state index in [1.54, 1.807) is 0 Å². The molecule has 1 saturated carbocycles. The predicted molar refractivity (Wildman–Crippen MR) is 154 cm³/mol. The fourth-order valence-electron chi connectivity index (χ4n) is 5.65. The number of amides is 3. The van der Waals surface area contributed by atoms with Gasteiger partial charge in [0, 0.05) is 19.7 Å². The molecular formula is C30H34ClF2N5O5. The van der Waals surface area contributed by atoms with Crippen molar-refractivity contribution >= 4 is 30.8 Å². The number of ether oxygens (including phenoxy) is 2. The molecule has 0 bridgehead atoms. The molecule has 0 aromatic heterocycles. The maximum Gasteiger partial charge on any atom is 0.341 e. The third-order valence-electron chi connectivity index (χ3n) is 7.81. The van der Waals surface area contributed by atoms with E-state index in [0.29, 0.717) is 19.3 Å². The van der Waals surface area contributed by atoms with Crippen molar-refractivity contribution < 1.29 is 32.6 Å². The van der Waals surface area contributed by atoms with Crippen LogP contribution in [0.3, 0.4) is 0 Å². The molecule has 0 saturated heterocycles. The zero-order valence-electron chi connectivity index (χ0n) is 23.8. The number of methoxy groups -OCH3 is 2. The maximum absolute atomic E-state index is 14.3. The van der Waals surface area contributed by atoms with Gasteiger partial charge in [0.1, 0.15) is 6.04 Å². The predicted octanol–water partition coefficient (Wildman–Crippen LogP) is 3.89. The van der Waals surface area contributed by atoms with E-state index in [4.69, 9.17) is 9.47 Å². The molecule has 2 aromatic rings. The second kappa shape index (κ2) is 14.9. The summed E-state index contributed by atoms with van der Waals surface area (Å²) in [5.74, 6) is -3.13. The van der Waals surface area contributed by atoms with Gasteiger partial charge in [-0.2, -0.15) is 5.26 Å². The quantitative estimate of drug-likeness (QED) is 0.290. The van der Waals surface area contributed by atoms with Crippen LogP contribution in [0, 0.1) is 23.0 Å². The topological polar surface area (TPSA) is 124 Å². The first kappa shape index (κ1) is 33.5. The molecule has 13 heteroatoms. The summed E-state index contributed by atoms with van der Waals surface area (Å²) in [5.41, 5.74) is 0.490. The van der Waals surface area contributed by atoms with Gasteiger partial charge in [-0.1, -0.05) is 36.4 Å². The van der Waals surface area contributed by atoms with Gasteiger partial charge in [-0.25, -0.2) is 23.4 Å². The van der Waals surface area contributed by atoms with Crippen molar-refractivity contribution in [3.05, 3.63) is 82.6 Å². The van der Waals surface area contributed by atoms with Crippen LogP contribution in [0.25, 0.3) is 0 Å². The number of hydrogen-bond acceptors (Lipinski definition) is 7. The lowest BCUT2D eigenvalue weighted by atomic mass is 9.69. The van der Waals surface area contributed by atoms with Gasteiger partial charge in [0.25, 0.3) is 0 Å². The molecule has 0 radical (unpaired) electrons. The van der Waals surface area contributed by atoms with Gasteiger partial charge in [-0.15, -0.1) is 12.4 Å². The standard InChI is InChI=1S/C30H33F2N5O5.ClH/c1-41-17-25-26(28(39)42-2)27(20-8-9-23(31)24(32)16-20)37(29(40)35-25)36(19-38)15-14-34-22-10-12-30(18-33,13-11-22)21-6-4-3-5-7-21;/h3-9,16,19,22,27,34H,10-15,17H2,1-2H3,(H,35,40);1H. The van der Waals surface area contributed by atoms with Crippen LogP contribution >= 0.6 is 12.4 Å². The van der Waals surface area contributed by atoms with Crippen molar-refractivity contribution in [1.29, 1.82) is 5.26 Å². The summed E-state index contributed by atoms with van der Waals surface area (Å²) in [6.45, 7) is 0.121. The monoisotopic (exact) mass is 617 g/mol. The van der Waals surface area contributed by atoms with Crippen LogP contribution in [0.15, 0.2) is 59.8 Å². The number of esters is 1. The minimum Gasteiger partial charge on any atom is -0.466 e. The minimum absolute atomic E-state index is 0. The molecule has 1 heterocycles. The Hall–Kier alpha value is -4.05. The Kier molecular flexibility index (Phi) is 11.6. The number of urea groups is 1. The van der Waals surface area contributed by atoms with E-state index in [-0.39, 0.29) is 55.0 Å². The zero-order chi connectivity index (χ0) is 30.3. The number of benzene rings is 2. The number of halogens is 3. The summed E-state index contributed by atoms with van der Waals surface area (Å²) < 4.78 is 38.2. The number of nitrogens with zero attached hydrogens (tertiary/aromatic N) is 3. The highest BCUT2D eigenvalue weighted by atomic mass is 35.5. The number of nitrogens with one attached hydrogen (secondary N) is 2. The highest BCUT2D eigenvalue weighted by Crippen LogP contribution is 2.39. The van der Waals surface area contributed by atoms with E-state index in [9.17, 15) is 28.4 Å². The van der Waals surface area contributed by atoms with Crippen LogP contribution < -0.4 is 10.6 Å². The normalized spacial score (nSPS) is 21.7. The smallest absolute Gasteiger partial charge is 0.341 e. The third kappa shape index (κ3) is 7.13. The van der Waals surface area contributed by atoms with Gasteiger partial charge in [-0.3, -0.25) is 9.80 Å². The van der Waals surface area contributed by atoms with Crippen LogP contribution in [-0.4, -0.2) is 68.4 Å². The van der Waals surface area contributed by atoms with E-state index >= 15 is 0 Å². The van der Waals surface area contributed by atoms with E-state index in [1.807, 2.05) is 30.3 Å². The number of hydrogen-bond donors (Lipinski definition) is 2. The lowest BCUT2D eigenvalue weighted by Gasteiger charge is -2.42. The molecule has 1 fully saturated rings. The molecular weight excluding hydrogens is 584 g/mol. The van der Waals surface area contributed by atoms with Crippen molar-refractivity contribution in [2.24, 2.45) is 0 Å². The summed E-state index contributed by atoms with van der Waals surface area (Å²) in [7, 11) is 2.51. The molecule has 1 atom stereocenters. The highest BCUT2D eigenvalue weighted by molar-refractivity contribution is 5.95. The van der Waals surface area contributed by atoms with Crippen molar-refractivity contribution in [1.82, 2.24) is 20.7 Å². The Labute approximate surface area is 255 Å². The molecule has 2 aliphatic rings. The lowest BCUT2D eigenvalue weighted by Crippen LogP contribution is -2.58. The molecule has 1 aliphatic carbocycles. The summed E-state index contributed by atoms with van der Waals surface area (Å²) >= 11 is 0. The number of hydrazine groups is 1. The maximum atomic E-state index is 14.3. The molecule has 3 amide bonds. The SMILES string of the molecule is COCC1=C(C(=O)OC)C(c2ccc(F)c(F)c2)N(N(C=O)CCNC2CCC(C#N)(c3ccccc3)CC2)C(=O)N1.Cl. The average molecular weight is 618 g/mol. The Bertz CT molecular complexity index is 1380. The Balaban J connectivity index is 0.00000506. The van der Waals surface area contributed by atoms with Gasteiger partial charge < -0.3 is 20.1 Å². The van der Waals surface area contributed by atoms with Crippen molar-refractivity contribution in [2.45, 2.75) is 43.2 Å². The van der Waals surface area contributed by atoms with E-state index in [1.165, 1.54) is 13.2 Å². The minimum atomic E-state index is -1.31. The highest BCUT2D eigenvalue weighted by Gasteiger charge is 2.43. The molecule has 230 valence electrons. The molecule has 2 N–H and O–H groups in total. The van der Waals surface area contributed by atoms with E-state index in [2.05, 4.69) is 16.7 Å². The van der Waals surface area contributed by atoms with E-state index in [0.717, 1.165) is 47.7 Å². The van der Waals surface area contributed by atoms with Gasteiger partial charge in [0.15, 0.2) is 11.6 Å². The van der Waals surface area contributed by atoms with Crippen LogP contribution in [0.4, 0.5) is 13.6 Å². The fraction of sp³-hybridized carbons (Fsp3) is 0.400. The van der Waals surface area contributed by atoms with Crippen LogP contribution in [0.5, 0.6) is 0 Å². The summed E-state index contributed by atoms with van der Waals surface area (Å²) in [6.07, 6.45) is 3.25. The summed E-state index contributed by atoms with van der Waals surface area (Å²) in [5, 5.41) is 18.0. The van der Waals surface area contributed by atoms with Gasteiger partial charge in [0.2, 0.25) is 6.41 Å². The first-order chi connectivity index (χ1) is 20.3. The largest absolute Gasteiger partial charge is 0.466 e. The first-order valence-corrected chi connectivity index (χ1v) is 13.6. The van der Waals surface area contributed by atoms with Gasteiger partial charge >= 0.3 is 12.0 Å². The lowest BCUT2D eigenvalue weighted by molar-refractivity contribution is -0.141. The summed E-state index contributed by atoms with van der Waals surface area (Å²) in [6, 6.07) is 13.2. The van der Waals surface area contributed by atoms with Gasteiger partial charge in [0.05, 0.1) is 43.0 Å². The molecule has 1 unspecified atom stereocenters. The number of nitriles is 1. The molecule has 43 heavy (non-hydrogen) atoms. The second-order valence-corrected chi connectivity index (χ2v) is 10.2. The summed E-state index contributed by atoms with van der Waals surface area (Å²) in [4.78, 5) is 38.6. The number of rotatable bonds is 11. The first-order valence-electron chi connectivity index (χ1n) is 13.6. The Morgan fingerprint density at radius 3 is 2.47 bits per heavy atom. The molecule has 4 rings (SSSR count). The average Bonchev–Trinajstić information content (AvgIpc) is 3.01. The number of carbonyl (C=O) groups excluding carboxylic acids is 3. The molecule has 2 aromatic carbocycles. The number of carbonyl (C=O) groups is 3. The Morgan fingerprint density at radius 1 is 1.19 bits per heavy atom. The van der Waals surface area contributed by atoms with Crippen LogP contribution in [0.2, 0.25) is 0 Å². The third-order valence-corrected chi connectivity index (χ3v) is 7.81. The molecule has 0 spiro atoms. The van der Waals surface area contributed by atoms with Crippen molar-refractivity contribution in [3.63, 3.8) is 0 Å². The zero-order valence-corrected chi connectivity index (χ0v) is 24.7. The van der Waals surface area contributed by atoms with Crippen molar-refractivity contribution in [2.75, 3.05) is 33.9 Å². The van der Waals surface area contributed by atoms with Crippen LogP contribution in [0.1, 0.15) is 42.9 Å². The molecule has 10 nitrogen and oxygen atoms in total.